The molecule has 3 nitrogen and oxygen atoms in total. The van der Waals surface area contributed by atoms with Crippen LogP contribution in [0.4, 0.5) is 11.4 Å². The molecule has 0 saturated carbocycles. The molecule has 0 fully saturated rings. The van der Waals surface area contributed by atoms with E-state index in [9.17, 15) is 4.79 Å². The van der Waals surface area contributed by atoms with E-state index in [4.69, 9.17) is 5.73 Å². The van der Waals surface area contributed by atoms with Gasteiger partial charge < -0.3 is 11.1 Å². The van der Waals surface area contributed by atoms with E-state index in [0.717, 1.165) is 19.4 Å². The molecule has 3 N–H and O–H groups in total. The van der Waals surface area contributed by atoms with E-state index in [-0.39, 0.29) is 5.91 Å². The third-order valence-corrected chi connectivity index (χ3v) is 5.35. The van der Waals surface area contributed by atoms with Gasteiger partial charge in [-0.05, 0) is 75.0 Å². The molecule has 100 valence electrons. The number of amides is 1. The molecule has 1 heterocycles. The molecule has 0 bridgehead atoms. The summed E-state index contributed by atoms with van der Waals surface area (Å²) in [6.45, 7) is 3.90. The zero-order valence-electron chi connectivity index (χ0n) is 10.4. The summed E-state index contributed by atoms with van der Waals surface area (Å²) in [6.07, 6.45) is 0. The molecular weight excluding hydrogens is 392 g/mol. The third-order valence-electron chi connectivity index (χ3n) is 2.58. The SMILES string of the molecule is Cc1cc(N)c(NC(=O)c2cc(C)c(Br)s2)c(Br)c1. The number of anilines is 2. The molecule has 0 unspecified atom stereocenters. The van der Waals surface area contributed by atoms with Gasteiger partial charge in [0.1, 0.15) is 0 Å². The Hall–Kier alpha value is -0.850. The molecule has 1 amide bonds. The van der Waals surface area contributed by atoms with Crippen molar-refractivity contribution in [1.29, 1.82) is 0 Å². The summed E-state index contributed by atoms with van der Waals surface area (Å²) >= 11 is 8.24. The van der Waals surface area contributed by atoms with Crippen molar-refractivity contribution in [3.05, 3.63) is 42.5 Å². The van der Waals surface area contributed by atoms with Crippen LogP contribution in [0, 0.1) is 13.8 Å². The minimum atomic E-state index is -0.157. The van der Waals surface area contributed by atoms with Crippen molar-refractivity contribution < 1.29 is 4.79 Å². The summed E-state index contributed by atoms with van der Waals surface area (Å²) in [5.41, 5.74) is 9.18. The number of benzene rings is 1. The number of nitrogens with one attached hydrogen (secondary N) is 1. The fourth-order valence-corrected chi connectivity index (χ4v) is 3.77. The number of hydrogen-bond donors (Lipinski definition) is 2. The van der Waals surface area contributed by atoms with Crippen LogP contribution in [0.15, 0.2) is 26.5 Å². The minimum absolute atomic E-state index is 0.157. The average Bonchev–Trinajstić information content (AvgIpc) is 2.64. The third kappa shape index (κ3) is 3.19. The first-order valence-corrected chi connectivity index (χ1v) is 7.91. The molecule has 0 aliphatic heterocycles. The lowest BCUT2D eigenvalue weighted by Gasteiger charge is -2.10. The number of carbonyl (C=O) groups excluding carboxylic acids is 1. The monoisotopic (exact) mass is 402 g/mol. The van der Waals surface area contributed by atoms with Crippen molar-refractivity contribution in [3.8, 4) is 0 Å². The summed E-state index contributed by atoms with van der Waals surface area (Å²) in [4.78, 5) is 12.8. The Morgan fingerprint density at radius 3 is 2.47 bits per heavy atom. The highest BCUT2D eigenvalue weighted by molar-refractivity contribution is 9.11. The van der Waals surface area contributed by atoms with Crippen molar-refractivity contribution in [3.63, 3.8) is 0 Å². The van der Waals surface area contributed by atoms with Crippen LogP contribution in [0.5, 0.6) is 0 Å². The topological polar surface area (TPSA) is 55.1 Å². The lowest BCUT2D eigenvalue weighted by atomic mass is 10.2. The van der Waals surface area contributed by atoms with Crippen molar-refractivity contribution in [2.45, 2.75) is 13.8 Å². The Morgan fingerprint density at radius 2 is 1.95 bits per heavy atom. The molecule has 0 atom stereocenters. The molecule has 0 aliphatic carbocycles. The number of rotatable bonds is 2. The van der Waals surface area contributed by atoms with E-state index in [1.54, 1.807) is 0 Å². The average molecular weight is 404 g/mol. The van der Waals surface area contributed by atoms with Gasteiger partial charge in [0.05, 0.1) is 20.0 Å². The van der Waals surface area contributed by atoms with Crippen LogP contribution in [0.25, 0.3) is 0 Å². The molecule has 19 heavy (non-hydrogen) atoms. The van der Waals surface area contributed by atoms with E-state index >= 15 is 0 Å². The molecular formula is C13H12Br2N2OS. The second-order valence-corrected chi connectivity index (χ2v) is 7.46. The predicted octanol–water partition coefficient (Wildman–Crippen LogP) is 4.72. The van der Waals surface area contributed by atoms with Crippen LogP contribution in [0.1, 0.15) is 20.8 Å². The standard InChI is InChI=1S/C13H12Br2N2OS/c1-6-3-8(14)11(9(16)4-6)17-13(18)10-5-7(2)12(15)19-10/h3-5H,16H2,1-2H3,(H,17,18). The van der Waals surface area contributed by atoms with Gasteiger partial charge in [-0.25, -0.2) is 0 Å². The molecule has 6 heteroatoms. The summed E-state index contributed by atoms with van der Waals surface area (Å²) in [6, 6.07) is 5.60. The zero-order chi connectivity index (χ0) is 14.2. The number of hydrogen-bond acceptors (Lipinski definition) is 3. The maximum absolute atomic E-state index is 12.2. The van der Waals surface area contributed by atoms with E-state index < -0.39 is 0 Å². The molecule has 1 aromatic carbocycles. The van der Waals surface area contributed by atoms with Crippen molar-refractivity contribution >= 4 is 60.5 Å². The van der Waals surface area contributed by atoms with Crippen LogP contribution in [0.3, 0.4) is 0 Å². The highest BCUT2D eigenvalue weighted by Crippen LogP contribution is 2.32. The van der Waals surface area contributed by atoms with E-state index in [0.29, 0.717) is 16.3 Å². The van der Waals surface area contributed by atoms with E-state index in [2.05, 4.69) is 37.2 Å². The van der Waals surface area contributed by atoms with Gasteiger partial charge in [-0.1, -0.05) is 0 Å². The molecule has 0 aliphatic rings. The van der Waals surface area contributed by atoms with Gasteiger partial charge in [-0.3, -0.25) is 4.79 Å². The second-order valence-electron chi connectivity index (χ2n) is 4.23. The fraction of sp³-hybridized carbons (Fsp3) is 0.154. The number of nitrogen functional groups attached to an aromatic ring is 1. The highest BCUT2D eigenvalue weighted by Gasteiger charge is 2.14. The Balaban J connectivity index is 2.29. The van der Waals surface area contributed by atoms with Crippen LogP contribution >= 0.6 is 43.2 Å². The lowest BCUT2D eigenvalue weighted by molar-refractivity contribution is 0.103. The summed E-state index contributed by atoms with van der Waals surface area (Å²) < 4.78 is 1.75. The Kier molecular flexibility index (Phi) is 4.32. The number of nitrogens with two attached hydrogens (primary N) is 1. The normalized spacial score (nSPS) is 10.5. The Bertz CT molecular complexity index is 610. The number of aryl methyl sites for hydroxylation is 2. The van der Waals surface area contributed by atoms with Gasteiger partial charge in [0.25, 0.3) is 5.91 Å². The highest BCUT2D eigenvalue weighted by atomic mass is 79.9. The van der Waals surface area contributed by atoms with Gasteiger partial charge in [0, 0.05) is 4.47 Å². The predicted molar refractivity (Wildman–Crippen MR) is 88.0 cm³/mol. The summed E-state index contributed by atoms with van der Waals surface area (Å²) in [7, 11) is 0. The molecule has 0 spiro atoms. The van der Waals surface area contributed by atoms with Crippen LogP contribution in [0.2, 0.25) is 0 Å². The molecule has 2 aromatic rings. The van der Waals surface area contributed by atoms with E-state index in [1.165, 1.54) is 11.3 Å². The van der Waals surface area contributed by atoms with Crippen molar-refractivity contribution in [2.24, 2.45) is 0 Å². The molecule has 0 radical (unpaired) electrons. The first-order chi connectivity index (χ1) is 8.88. The number of thiophene rings is 1. The molecule has 1 aromatic heterocycles. The first kappa shape index (κ1) is 14.6. The van der Waals surface area contributed by atoms with E-state index in [1.807, 2.05) is 32.0 Å². The minimum Gasteiger partial charge on any atom is -0.397 e. The lowest BCUT2D eigenvalue weighted by Crippen LogP contribution is -2.12. The first-order valence-electron chi connectivity index (χ1n) is 5.51. The summed E-state index contributed by atoms with van der Waals surface area (Å²) in [5, 5.41) is 2.84. The van der Waals surface area contributed by atoms with Gasteiger partial charge >= 0.3 is 0 Å². The molecule has 2 rings (SSSR count). The maximum Gasteiger partial charge on any atom is 0.265 e. The van der Waals surface area contributed by atoms with Gasteiger partial charge in [0.15, 0.2) is 0 Å². The summed E-state index contributed by atoms with van der Waals surface area (Å²) in [5.74, 6) is -0.157. The van der Waals surface area contributed by atoms with Crippen LogP contribution in [-0.2, 0) is 0 Å². The maximum atomic E-state index is 12.2. The van der Waals surface area contributed by atoms with Crippen LogP contribution in [-0.4, -0.2) is 5.91 Å². The quantitative estimate of drug-likeness (QED) is 0.712. The smallest absolute Gasteiger partial charge is 0.265 e. The van der Waals surface area contributed by atoms with Crippen molar-refractivity contribution in [2.75, 3.05) is 11.1 Å². The van der Waals surface area contributed by atoms with Gasteiger partial charge in [-0.2, -0.15) is 0 Å². The van der Waals surface area contributed by atoms with Gasteiger partial charge in [-0.15, -0.1) is 11.3 Å². The van der Waals surface area contributed by atoms with Crippen LogP contribution < -0.4 is 11.1 Å². The fourth-order valence-electron chi connectivity index (χ4n) is 1.65. The Morgan fingerprint density at radius 1 is 1.26 bits per heavy atom. The van der Waals surface area contributed by atoms with Gasteiger partial charge in [0.2, 0.25) is 0 Å². The number of carbonyl (C=O) groups is 1. The Labute approximate surface area is 132 Å². The number of halogens is 2. The largest absolute Gasteiger partial charge is 0.397 e. The molecule has 0 saturated heterocycles. The van der Waals surface area contributed by atoms with Crippen molar-refractivity contribution in [1.82, 2.24) is 0 Å². The second kappa shape index (κ2) is 5.64. The zero-order valence-corrected chi connectivity index (χ0v) is 14.4.